The van der Waals surface area contributed by atoms with E-state index in [2.05, 4.69) is 0 Å². The van der Waals surface area contributed by atoms with Crippen LogP contribution in [-0.4, -0.2) is 61.9 Å². The van der Waals surface area contributed by atoms with Crippen molar-refractivity contribution in [1.29, 1.82) is 0 Å². The fourth-order valence-electron chi connectivity index (χ4n) is 3.32. The molecule has 1 spiro atoms. The van der Waals surface area contributed by atoms with E-state index in [0.717, 1.165) is 18.4 Å². The Morgan fingerprint density at radius 2 is 1.73 bits per heavy atom. The monoisotopic (exact) mass is 304 g/mol. The van der Waals surface area contributed by atoms with Crippen LogP contribution >= 0.6 is 0 Å². The normalized spacial score (nSPS) is 22.2. The molecule has 0 saturated carbocycles. The Bertz CT molecular complexity index is 502. The van der Waals surface area contributed by atoms with Gasteiger partial charge in [0.25, 0.3) is 0 Å². The molecule has 2 aliphatic rings. The van der Waals surface area contributed by atoms with Gasteiger partial charge in [0.1, 0.15) is 6.04 Å². The van der Waals surface area contributed by atoms with Gasteiger partial charge in [-0.2, -0.15) is 0 Å². The van der Waals surface area contributed by atoms with Gasteiger partial charge in [0.2, 0.25) is 5.91 Å². The molecule has 5 nitrogen and oxygen atoms in total. The molecule has 1 aromatic carbocycles. The molecule has 1 atom stereocenters. The second-order valence-corrected chi connectivity index (χ2v) is 6.21. The highest BCUT2D eigenvalue weighted by atomic mass is 16.7. The summed E-state index contributed by atoms with van der Waals surface area (Å²) in [5.41, 5.74) is 1.03. The van der Waals surface area contributed by atoms with Crippen LogP contribution in [0.25, 0.3) is 0 Å². The molecule has 1 aromatic rings. The van der Waals surface area contributed by atoms with Crippen LogP contribution in [0.3, 0.4) is 0 Å². The van der Waals surface area contributed by atoms with Gasteiger partial charge in [0.05, 0.1) is 13.2 Å². The molecule has 0 aliphatic carbocycles. The number of amides is 1. The molecule has 2 fully saturated rings. The van der Waals surface area contributed by atoms with Gasteiger partial charge in [0.15, 0.2) is 5.79 Å². The summed E-state index contributed by atoms with van der Waals surface area (Å²) in [6.45, 7) is 2.71. The van der Waals surface area contributed by atoms with E-state index in [1.807, 2.05) is 54.2 Å². The topological polar surface area (TPSA) is 42.0 Å². The Balaban J connectivity index is 1.69. The minimum absolute atomic E-state index is 0.157. The lowest BCUT2D eigenvalue weighted by Crippen LogP contribution is -2.50. The number of piperidine rings is 1. The van der Waals surface area contributed by atoms with E-state index in [9.17, 15) is 4.79 Å². The maximum Gasteiger partial charge on any atom is 0.244 e. The van der Waals surface area contributed by atoms with Crippen molar-refractivity contribution >= 4 is 5.91 Å². The number of ether oxygens (including phenoxy) is 2. The summed E-state index contributed by atoms with van der Waals surface area (Å²) in [4.78, 5) is 16.9. The summed E-state index contributed by atoms with van der Waals surface area (Å²) < 4.78 is 11.5. The molecular formula is C17H24N2O3. The molecule has 0 N–H and O–H groups in total. The van der Waals surface area contributed by atoms with Crippen molar-refractivity contribution in [1.82, 2.24) is 9.80 Å². The minimum atomic E-state index is -0.433. The van der Waals surface area contributed by atoms with Gasteiger partial charge < -0.3 is 14.4 Å². The summed E-state index contributed by atoms with van der Waals surface area (Å²) in [6.07, 6.45) is 1.52. The van der Waals surface area contributed by atoms with Crippen molar-refractivity contribution in [3.8, 4) is 0 Å². The highest BCUT2D eigenvalue weighted by Crippen LogP contribution is 2.32. The molecule has 2 heterocycles. The quantitative estimate of drug-likeness (QED) is 0.851. The molecule has 0 radical (unpaired) electrons. The van der Waals surface area contributed by atoms with Crippen LogP contribution in [0.4, 0.5) is 0 Å². The lowest BCUT2D eigenvalue weighted by atomic mass is 10.00. The molecule has 5 heteroatoms. The van der Waals surface area contributed by atoms with Crippen LogP contribution in [0.1, 0.15) is 24.4 Å². The highest BCUT2D eigenvalue weighted by molar-refractivity contribution is 5.83. The van der Waals surface area contributed by atoms with E-state index in [1.165, 1.54) is 0 Å². The summed E-state index contributed by atoms with van der Waals surface area (Å²) in [6, 6.07) is 9.71. The Morgan fingerprint density at radius 3 is 2.27 bits per heavy atom. The maximum atomic E-state index is 12.9. The summed E-state index contributed by atoms with van der Waals surface area (Å²) >= 11 is 0. The Labute approximate surface area is 131 Å². The van der Waals surface area contributed by atoms with E-state index in [0.29, 0.717) is 26.3 Å². The molecule has 2 saturated heterocycles. The van der Waals surface area contributed by atoms with Gasteiger partial charge in [-0.3, -0.25) is 9.69 Å². The van der Waals surface area contributed by atoms with Crippen molar-refractivity contribution in [2.75, 3.05) is 40.4 Å². The van der Waals surface area contributed by atoms with Crippen molar-refractivity contribution in [2.24, 2.45) is 0 Å². The molecule has 1 amide bonds. The molecular weight excluding hydrogens is 280 g/mol. The number of benzene rings is 1. The van der Waals surface area contributed by atoms with Crippen LogP contribution in [0.15, 0.2) is 30.3 Å². The van der Waals surface area contributed by atoms with Gasteiger partial charge in [0, 0.05) is 25.9 Å². The molecule has 3 rings (SSSR count). The fourth-order valence-corrected chi connectivity index (χ4v) is 3.32. The second-order valence-electron chi connectivity index (χ2n) is 6.21. The lowest BCUT2D eigenvalue weighted by Gasteiger charge is -2.39. The predicted octanol–water partition coefficient (Wildman–Crippen LogP) is 1.65. The fraction of sp³-hybridized carbons (Fsp3) is 0.588. The lowest BCUT2D eigenvalue weighted by molar-refractivity contribution is -0.188. The van der Waals surface area contributed by atoms with Crippen LogP contribution in [0.2, 0.25) is 0 Å². The third-order valence-corrected chi connectivity index (χ3v) is 4.52. The summed E-state index contributed by atoms with van der Waals surface area (Å²) in [7, 11) is 3.90. The number of likely N-dealkylation sites (N-methyl/N-ethyl adjacent to an activating group) is 1. The van der Waals surface area contributed by atoms with Crippen molar-refractivity contribution in [3.63, 3.8) is 0 Å². The Hall–Kier alpha value is -1.43. The molecule has 120 valence electrons. The molecule has 0 bridgehead atoms. The largest absolute Gasteiger partial charge is 0.347 e. The summed E-state index contributed by atoms with van der Waals surface area (Å²) in [5.74, 6) is -0.277. The summed E-state index contributed by atoms with van der Waals surface area (Å²) in [5, 5.41) is 0. The number of hydrogen-bond donors (Lipinski definition) is 0. The van der Waals surface area contributed by atoms with Gasteiger partial charge in [-0.15, -0.1) is 0 Å². The third-order valence-electron chi connectivity index (χ3n) is 4.52. The first-order valence-electron chi connectivity index (χ1n) is 7.89. The first kappa shape index (κ1) is 15.5. The van der Waals surface area contributed by atoms with Crippen molar-refractivity contribution in [3.05, 3.63) is 35.9 Å². The first-order chi connectivity index (χ1) is 10.6. The molecule has 2 aliphatic heterocycles. The Morgan fingerprint density at radius 1 is 1.14 bits per heavy atom. The highest BCUT2D eigenvalue weighted by Gasteiger charge is 2.42. The number of nitrogens with zero attached hydrogens (tertiary/aromatic N) is 2. The number of rotatable bonds is 3. The van der Waals surface area contributed by atoms with E-state index in [4.69, 9.17) is 9.47 Å². The van der Waals surface area contributed by atoms with Crippen molar-refractivity contribution < 1.29 is 14.3 Å². The zero-order valence-electron chi connectivity index (χ0n) is 13.3. The van der Waals surface area contributed by atoms with Gasteiger partial charge in [-0.25, -0.2) is 0 Å². The van der Waals surface area contributed by atoms with E-state index in [1.54, 1.807) is 0 Å². The second kappa shape index (κ2) is 6.36. The number of carbonyl (C=O) groups is 1. The molecule has 0 aromatic heterocycles. The number of likely N-dealkylation sites (tertiary alicyclic amines) is 1. The minimum Gasteiger partial charge on any atom is -0.347 e. The SMILES string of the molecule is CN(C)[C@@H](C(=O)N1CCC2(CC1)OCCO2)c1ccccc1. The predicted molar refractivity (Wildman–Crippen MR) is 83.3 cm³/mol. The van der Waals surface area contributed by atoms with E-state index < -0.39 is 5.79 Å². The van der Waals surface area contributed by atoms with Gasteiger partial charge in [-0.05, 0) is 19.7 Å². The number of hydrogen-bond acceptors (Lipinski definition) is 4. The number of carbonyl (C=O) groups excluding carboxylic acids is 1. The molecule has 22 heavy (non-hydrogen) atoms. The maximum absolute atomic E-state index is 12.9. The van der Waals surface area contributed by atoms with Crippen molar-refractivity contribution in [2.45, 2.75) is 24.7 Å². The van der Waals surface area contributed by atoms with Crippen LogP contribution in [0, 0.1) is 0 Å². The van der Waals surface area contributed by atoms with Gasteiger partial charge >= 0.3 is 0 Å². The van der Waals surface area contributed by atoms with Crippen LogP contribution in [-0.2, 0) is 14.3 Å². The zero-order chi connectivity index (χ0) is 15.6. The smallest absolute Gasteiger partial charge is 0.244 e. The molecule has 0 unspecified atom stereocenters. The standard InChI is InChI=1S/C17H24N2O3/c1-18(2)15(14-6-4-3-5-7-14)16(20)19-10-8-17(9-11-19)21-12-13-22-17/h3-7,15H,8-13H2,1-2H3/t15-/m1/s1. The van der Waals surface area contributed by atoms with Gasteiger partial charge in [-0.1, -0.05) is 30.3 Å². The van der Waals surface area contributed by atoms with Crippen LogP contribution < -0.4 is 0 Å². The van der Waals surface area contributed by atoms with E-state index in [-0.39, 0.29) is 11.9 Å². The Kier molecular flexibility index (Phi) is 4.47. The average Bonchev–Trinajstić information content (AvgIpc) is 2.97. The zero-order valence-corrected chi connectivity index (χ0v) is 13.3. The first-order valence-corrected chi connectivity index (χ1v) is 7.89. The van der Waals surface area contributed by atoms with E-state index >= 15 is 0 Å². The third kappa shape index (κ3) is 3.02. The average molecular weight is 304 g/mol. The van der Waals surface area contributed by atoms with Crippen LogP contribution in [0.5, 0.6) is 0 Å².